The van der Waals surface area contributed by atoms with Crippen molar-refractivity contribution < 1.29 is 4.74 Å². The maximum absolute atomic E-state index is 6.14. The van der Waals surface area contributed by atoms with E-state index in [2.05, 4.69) is 21.7 Å². The van der Waals surface area contributed by atoms with Gasteiger partial charge in [0.15, 0.2) is 0 Å². The number of anilines is 2. The number of para-hydroxylation sites is 1. The summed E-state index contributed by atoms with van der Waals surface area (Å²) in [7, 11) is 2.04. The quantitative estimate of drug-likeness (QED) is 0.840. The minimum absolute atomic E-state index is 0.627. The smallest absolute Gasteiger partial charge is 0.144 e. The molecule has 0 unspecified atom stereocenters. The third kappa shape index (κ3) is 2.76. The topological polar surface area (TPSA) is 38.5 Å². The van der Waals surface area contributed by atoms with Crippen LogP contribution in [0.1, 0.15) is 12.5 Å². The van der Waals surface area contributed by atoms with E-state index < -0.39 is 0 Å². The third-order valence-electron chi connectivity index (χ3n) is 2.75. The SMILES string of the molecule is CCOc1cccc(N(C)Cc2ccsc2)c1N. The van der Waals surface area contributed by atoms with E-state index in [1.807, 2.05) is 32.2 Å². The first-order chi connectivity index (χ1) is 8.72. The van der Waals surface area contributed by atoms with Crippen molar-refractivity contribution in [1.29, 1.82) is 0 Å². The van der Waals surface area contributed by atoms with Gasteiger partial charge in [0, 0.05) is 13.6 Å². The van der Waals surface area contributed by atoms with E-state index in [-0.39, 0.29) is 0 Å². The van der Waals surface area contributed by atoms with Gasteiger partial charge in [0.1, 0.15) is 5.75 Å². The molecule has 1 aromatic heterocycles. The molecule has 3 nitrogen and oxygen atoms in total. The number of thiophene rings is 1. The number of hydrogen-bond acceptors (Lipinski definition) is 4. The Balaban J connectivity index is 2.19. The molecule has 0 saturated carbocycles. The van der Waals surface area contributed by atoms with Crippen LogP contribution < -0.4 is 15.4 Å². The van der Waals surface area contributed by atoms with Crippen LogP contribution in [0.4, 0.5) is 11.4 Å². The molecular formula is C14H18N2OS. The van der Waals surface area contributed by atoms with Gasteiger partial charge in [-0.2, -0.15) is 11.3 Å². The highest BCUT2D eigenvalue weighted by Gasteiger charge is 2.10. The minimum Gasteiger partial charge on any atom is -0.492 e. The predicted octanol–water partition coefficient (Wildman–Crippen LogP) is 3.37. The Bertz CT molecular complexity index is 497. The van der Waals surface area contributed by atoms with Crippen molar-refractivity contribution in [3.8, 4) is 5.75 Å². The molecule has 0 radical (unpaired) electrons. The van der Waals surface area contributed by atoms with Crippen molar-refractivity contribution >= 4 is 22.7 Å². The van der Waals surface area contributed by atoms with Crippen LogP contribution in [0.3, 0.4) is 0 Å². The second-order valence-corrected chi connectivity index (χ2v) is 4.89. The summed E-state index contributed by atoms with van der Waals surface area (Å²) in [6, 6.07) is 8.02. The summed E-state index contributed by atoms with van der Waals surface area (Å²) < 4.78 is 5.51. The maximum Gasteiger partial charge on any atom is 0.144 e. The van der Waals surface area contributed by atoms with E-state index in [0.717, 1.165) is 18.0 Å². The van der Waals surface area contributed by atoms with E-state index in [1.54, 1.807) is 11.3 Å². The molecular weight excluding hydrogens is 244 g/mol. The minimum atomic E-state index is 0.627. The van der Waals surface area contributed by atoms with Crippen LogP contribution in [-0.4, -0.2) is 13.7 Å². The van der Waals surface area contributed by atoms with Crippen molar-refractivity contribution in [1.82, 2.24) is 0 Å². The summed E-state index contributed by atoms with van der Waals surface area (Å²) in [5.74, 6) is 0.757. The summed E-state index contributed by atoms with van der Waals surface area (Å²) in [5, 5.41) is 4.24. The lowest BCUT2D eigenvalue weighted by molar-refractivity contribution is 0.342. The number of hydrogen-bond donors (Lipinski definition) is 1. The van der Waals surface area contributed by atoms with Crippen LogP contribution in [0.25, 0.3) is 0 Å². The number of benzene rings is 1. The van der Waals surface area contributed by atoms with E-state index in [9.17, 15) is 0 Å². The zero-order valence-corrected chi connectivity index (χ0v) is 11.5. The molecule has 0 saturated heterocycles. The second-order valence-electron chi connectivity index (χ2n) is 4.11. The van der Waals surface area contributed by atoms with Crippen LogP contribution in [0.15, 0.2) is 35.0 Å². The van der Waals surface area contributed by atoms with Gasteiger partial charge in [-0.05, 0) is 41.4 Å². The summed E-state index contributed by atoms with van der Waals surface area (Å²) in [5.41, 5.74) is 9.14. The van der Waals surface area contributed by atoms with Gasteiger partial charge in [-0.3, -0.25) is 0 Å². The lowest BCUT2D eigenvalue weighted by Gasteiger charge is -2.22. The van der Waals surface area contributed by atoms with Gasteiger partial charge in [-0.25, -0.2) is 0 Å². The average molecular weight is 262 g/mol. The molecule has 4 heteroatoms. The molecule has 0 aliphatic heterocycles. The summed E-state index contributed by atoms with van der Waals surface area (Å²) in [6.45, 7) is 3.44. The molecule has 2 rings (SSSR count). The molecule has 0 aliphatic carbocycles. The van der Waals surface area contributed by atoms with Gasteiger partial charge < -0.3 is 15.4 Å². The van der Waals surface area contributed by atoms with Crippen LogP contribution in [0.5, 0.6) is 5.75 Å². The summed E-state index contributed by atoms with van der Waals surface area (Å²) >= 11 is 1.71. The Morgan fingerprint density at radius 3 is 2.83 bits per heavy atom. The monoisotopic (exact) mass is 262 g/mol. The van der Waals surface area contributed by atoms with Gasteiger partial charge in [0.05, 0.1) is 18.0 Å². The van der Waals surface area contributed by atoms with Gasteiger partial charge >= 0.3 is 0 Å². The first kappa shape index (κ1) is 12.8. The Hall–Kier alpha value is -1.68. The van der Waals surface area contributed by atoms with E-state index in [1.165, 1.54) is 5.56 Å². The Labute approximate surface area is 112 Å². The molecule has 1 aromatic carbocycles. The highest BCUT2D eigenvalue weighted by molar-refractivity contribution is 7.07. The summed E-state index contributed by atoms with van der Waals surface area (Å²) in [6.07, 6.45) is 0. The van der Waals surface area contributed by atoms with Crippen LogP contribution in [-0.2, 0) is 6.54 Å². The first-order valence-corrected chi connectivity index (χ1v) is 6.90. The Kier molecular flexibility index (Phi) is 4.10. The molecule has 18 heavy (non-hydrogen) atoms. The number of nitrogen functional groups attached to an aromatic ring is 1. The average Bonchev–Trinajstić information content (AvgIpc) is 2.85. The number of ether oxygens (including phenoxy) is 1. The molecule has 0 bridgehead atoms. The van der Waals surface area contributed by atoms with Crippen molar-refractivity contribution in [3.63, 3.8) is 0 Å². The fourth-order valence-corrected chi connectivity index (χ4v) is 2.55. The molecule has 0 amide bonds. The largest absolute Gasteiger partial charge is 0.492 e. The van der Waals surface area contributed by atoms with Gasteiger partial charge in [0.25, 0.3) is 0 Å². The Morgan fingerprint density at radius 2 is 2.17 bits per heavy atom. The lowest BCUT2D eigenvalue weighted by Crippen LogP contribution is -2.17. The van der Waals surface area contributed by atoms with Crippen LogP contribution >= 0.6 is 11.3 Å². The molecule has 0 spiro atoms. The first-order valence-electron chi connectivity index (χ1n) is 5.96. The van der Waals surface area contributed by atoms with Crippen molar-refractivity contribution in [3.05, 3.63) is 40.6 Å². The van der Waals surface area contributed by atoms with Gasteiger partial charge in [-0.15, -0.1) is 0 Å². The number of nitrogens with zero attached hydrogens (tertiary/aromatic N) is 1. The zero-order valence-electron chi connectivity index (χ0n) is 10.7. The molecule has 96 valence electrons. The highest BCUT2D eigenvalue weighted by Crippen LogP contribution is 2.32. The van der Waals surface area contributed by atoms with E-state index >= 15 is 0 Å². The van der Waals surface area contributed by atoms with Gasteiger partial charge in [-0.1, -0.05) is 6.07 Å². The highest BCUT2D eigenvalue weighted by atomic mass is 32.1. The normalized spacial score (nSPS) is 10.3. The Morgan fingerprint density at radius 1 is 1.33 bits per heavy atom. The number of rotatable bonds is 5. The lowest BCUT2D eigenvalue weighted by atomic mass is 10.2. The molecule has 0 aliphatic rings. The molecule has 0 atom stereocenters. The number of nitrogens with two attached hydrogens (primary N) is 1. The van der Waals surface area contributed by atoms with Crippen molar-refractivity contribution in [2.45, 2.75) is 13.5 Å². The molecule has 2 aromatic rings. The predicted molar refractivity (Wildman–Crippen MR) is 78.4 cm³/mol. The maximum atomic E-state index is 6.14. The van der Waals surface area contributed by atoms with E-state index in [4.69, 9.17) is 10.5 Å². The van der Waals surface area contributed by atoms with Crippen molar-refractivity contribution in [2.24, 2.45) is 0 Å². The fourth-order valence-electron chi connectivity index (χ4n) is 1.89. The van der Waals surface area contributed by atoms with Crippen LogP contribution in [0.2, 0.25) is 0 Å². The van der Waals surface area contributed by atoms with Gasteiger partial charge in [0.2, 0.25) is 0 Å². The summed E-state index contributed by atoms with van der Waals surface area (Å²) in [4.78, 5) is 2.14. The standard InChI is InChI=1S/C14H18N2OS/c1-3-17-13-6-4-5-12(14(13)15)16(2)9-11-7-8-18-10-11/h4-8,10H,3,9,15H2,1-2H3. The zero-order chi connectivity index (χ0) is 13.0. The second kappa shape index (κ2) is 5.78. The molecule has 0 fully saturated rings. The van der Waals surface area contributed by atoms with Crippen molar-refractivity contribution in [2.75, 3.05) is 24.3 Å². The molecule has 1 heterocycles. The van der Waals surface area contributed by atoms with Crippen LogP contribution in [0, 0.1) is 0 Å². The fraction of sp³-hybridized carbons (Fsp3) is 0.286. The molecule has 2 N–H and O–H groups in total. The van der Waals surface area contributed by atoms with E-state index in [0.29, 0.717) is 12.3 Å². The third-order valence-corrected chi connectivity index (χ3v) is 3.49.